The Labute approximate surface area is 175 Å². The number of nitrogen functional groups attached to an aromatic ring is 1. The van der Waals surface area contributed by atoms with E-state index in [1.165, 1.54) is 0 Å². The molecule has 0 aromatic heterocycles. The monoisotopic (exact) mass is 400 g/mol. The Morgan fingerprint density at radius 2 is 1.73 bits per heavy atom. The molecule has 0 fully saturated rings. The van der Waals surface area contributed by atoms with Gasteiger partial charge in [-0.25, -0.2) is 0 Å². The summed E-state index contributed by atoms with van der Waals surface area (Å²) in [5, 5.41) is 6.07. The van der Waals surface area contributed by atoms with E-state index in [2.05, 4.69) is 10.6 Å². The summed E-state index contributed by atoms with van der Waals surface area (Å²) >= 11 is 0. The SMILES string of the molecule is NCCNC(=O)c1ccc2c(c1)C(=O)c1ccc(Nc3ccccc3N)cc1CC2. The largest absolute Gasteiger partial charge is 0.397 e. The number of hydrogen-bond donors (Lipinski definition) is 4. The molecule has 3 aromatic carbocycles. The van der Waals surface area contributed by atoms with Crippen LogP contribution in [0.2, 0.25) is 0 Å². The van der Waals surface area contributed by atoms with E-state index in [9.17, 15) is 9.59 Å². The Bertz CT molecular complexity index is 1120. The second kappa shape index (κ2) is 8.39. The number of para-hydroxylation sites is 2. The molecular formula is C24H24N4O2. The highest BCUT2D eigenvalue weighted by atomic mass is 16.1. The van der Waals surface area contributed by atoms with Crippen LogP contribution >= 0.6 is 0 Å². The summed E-state index contributed by atoms with van der Waals surface area (Å²) in [5.41, 5.74) is 17.5. The lowest BCUT2D eigenvalue weighted by atomic mass is 9.96. The summed E-state index contributed by atoms with van der Waals surface area (Å²) in [4.78, 5) is 25.5. The van der Waals surface area contributed by atoms with E-state index in [-0.39, 0.29) is 11.7 Å². The number of aryl methyl sites for hydroxylation is 2. The van der Waals surface area contributed by atoms with E-state index in [0.717, 1.165) is 35.3 Å². The third-order valence-electron chi connectivity index (χ3n) is 5.30. The minimum absolute atomic E-state index is 0.0586. The molecule has 6 nitrogen and oxygen atoms in total. The first-order valence-electron chi connectivity index (χ1n) is 9.97. The van der Waals surface area contributed by atoms with Crippen molar-refractivity contribution in [3.05, 3.63) is 88.5 Å². The molecule has 0 saturated heterocycles. The van der Waals surface area contributed by atoms with E-state index in [1.54, 1.807) is 12.1 Å². The number of nitrogens with two attached hydrogens (primary N) is 2. The normalized spacial score (nSPS) is 12.5. The number of rotatable bonds is 5. The summed E-state index contributed by atoms with van der Waals surface area (Å²) in [6.45, 7) is 0.766. The van der Waals surface area contributed by atoms with Crippen molar-refractivity contribution >= 4 is 28.8 Å². The fourth-order valence-electron chi connectivity index (χ4n) is 3.72. The summed E-state index contributed by atoms with van der Waals surface area (Å²) in [5.74, 6) is -0.280. The van der Waals surface area contributed by atoms with E-state index < -0.39 is 0 Å². The van der Waals surface area contributed by atoms with Gasteiger partial charge in [-0.2, -0.15) is 0 Å². The first-order chi connectivity index (χ1) is 14.6. The lowest BCUT2D eigenvalue weighted by Gasteiger charge is -2.12. The van der Waals surface area contributed by atoms with E-state index in [0.29, 0.717) is 35.5 Å². The van der Waals surface area contributed by atoms with Crippen LogP contribution in [-0.2, 0) is 12.8 Å². The molecule has 1 amide bonds. The molecule has 0 saturated carbocycles. The van der Waals surface area contributed by atoms with Crippen molar-refractivity contribution in [3.8, 4) is 0 Å². The van der Waals surface area contributed by atoms with Gasteiger partial charge >= 0.3 is 0 Å². The van der Waals surface area contributed by atoms with Crippen LogP contribution in [0, 0.1) is 0 Å². The van der Waals surface area contributed by atoms with Gasteiger partial charge in [0.15, 0.2) is 5.78 Å². The van der Waals surface area contributed by atoms with Gasteiger partial charge in [-0.15, -0.1) is 0 Å². The predicted molar refractivity (Wildman–Crippen MR) is 119 cm³/mol. The van der Waals surface area contributed by atoms with Gasteiger partial charge in [0.1, 0.15) is 0 Å². The maximum atomic E-state index is 13.2. The molecule has 30 heavy (non-hydrogen) atoms. The number of ketones is 1. The summed E-state index contributed by atoms with van der Waals surface area (Å²) in [6.07, 6.45) is 1.47. The van der Waals surface area contributed by atoms with Crippen molar-refractivity contribution in [1.29, 1.82) is 0 Å². The Morgan fingerprint density at radius 3 is 2.53 bits per heavy atom. The van der Waals surface area contributed by atoms with Crippen LogP contribution in [0.4, 0.5) is 17.1 Å². The predicted octanol–water partition coefficient (Wildman–Crippen LogP) is 3.03. The van der Waals surface area contributed by atoms with Gasteiger partial charge in [-0.1, -0.05) is 18.2 Å². The highest BCUT2D eigenvalue weighted by Crippen LogP contribution is 2.29. The average molecular weight is 400 g/mol. The van der Waals surface area contributed by atoms with Gasteiger partial charge in [0.05, 0.1) is 11.4 Å². The number of anilines is 3. The number of fused-ring (bicyclic) bond motifs is 2. The van der Waals surface area contributed by atoms with Crippen LogP contribution in [0.25, 0.3) is 0 Å². The fraction of sp³-hybridized carbons (Fsp3) is 0.167. The van der Waals surface area contributed by atoms with Crippen molar-refractivity contribution in [2.75, 3.05) is 24.1 Å². The molecule has 0 spiro atoms. The van der Waals surface area contributed by atoms with Crippen LogP contribution < -0.4 is 22.1 Å². The Morgan fingerprint density at radius 1 is 0.933 bits per heavy atom. The maximum absolute atomic E-state index is 13.2. The number of hydrogen-bond acceptors (Lipinski definition) is 5. The topological polar surface area (TPSA) is 110 Å². The molecule has 6 N–H and O–H groups in total. The van der Waals surface area contributed by atoms with Crippen molar-refractivity contribution in [2.45, 2.75) is 12.8 Å². The Balaban J connectivity index is 1.63. The number of carbonyl (C=O) groups is 2. The van der Waals surface area contributed by atoms with Crippen LogP contribution in [-0.4, -0.2) is 24.8 Å². The molecule has 0 heterocycles. The van der Waals surface area contributed by atoms with Crippen molar-refractivity contribution in [2.24, 2.45) is 5.73 Å². The molecule has 4 rings (SSSR count). The van der Waals surface area contributed by atoms with Gasteiger partial charge in [-0.3, -0.25) is 9.59 Å². The van der Waals surface area contributed by atoms with Crippen molar-refractivity contribution < 1.29 is 9.59 Å². The first-order valence-corrected chi connectivity index (χ1v) is 9.97. The van der Waals surface area contributed by atoms with E-state index in [1.807, 2.05) is 48.5 Å². The number of carbonyl (C=O) groups excluding carboxylic acids is 2. The minimum atomic E-state index is -0.222. The lowest BCUT2D eigenvalue weighted by Crippen LogP contribution is -2.29. The third-order valence-corrected chi connectivity index (χ3v) is 5.30. The number of benzene rings is 3. The molecule has 3 aromatic rings. The molecule has 0 bridgehead atoms. The molecule has 1 aliphatic rings. The zero-order chi connectivity index (χ0) is 21.1. The van der Waals surface area contributed by atoms with Crippen LogP contribution in [0.5, 0.6) is 0 Å². The van der Waals surface area contributed by atoms with Crippen LogP contribution in [0.15, 0.2) is 60.7 Å². The number of amides is 1. The second-order valence-corrected chi connectivity index (χ2v) is 7.33. The minimum Gasteiger partial charge on any atom is -0.397 e. The Hall–Kier alpha value is -3.64. The van der Waals surface area contributed by atoms with Gasteiger partial charge in [0, 0.05) is 35.5 Å². The molecule has 6 heteroatoms. The first kappa shape index (κ1) is 19.7. The zero-order valence-electron chi connectivity index (χ0n) is 16.6. The standard InChI is InChI=1S/C24H24N4O2/c25-11-12-27-24(30)17-8-6-15-5-7-16-13-18(28-22-4-2-1-3-21(22)26)9-10-19(16)23(29)20(15)14-17/h1-4,6,8-10,13-14,28H,5,7,11-12,25-26H2,(H,27,30). The molecule has 0 aliphatic heterocycles. The van der Waals surface area contributed by atoms with Crippen LogP contribution in [0.3, 0.4) is 0 Å². The van der Waals surface area contributed by atoms with E-state index in [4.69, 9.17) is 11.5 Å². The molecule has 0 radical (unpaired) electrons. The van der Waals surface area contributed by atoms with Crippen LogP contribution in [0.1, 0.15) is 37.4 Å². The second-order valence-electron chi connectivity index (χ2n) is 7.33. The van der Waals surface area contributed by atoms with Gasteiger partial charge < -0.3 is 22.1 Å². The third kappa shape index (κ3) is 3.90. The molecule has 152 valence electrons. The van der Waals surface area contributed by atoms with Gasteiger partial charge in [-0.05, 0) is 66.4 Å². The fourth-order valence-corrected chi connectivity index (χ4v) is 3.72. The van der Waals surface area contributed by atoms with Gasteiger partial charge in [0.2, 0.25) is 0 Å². The Kier molecular flexibility index (Phi) is 5.50. The average Bonchev–Trinajstić information content (AvgIpc) is 2.90. The van der Waals surface area contributed by atoms with Crippen molar-refractivity contribution in [1.82, 2.24) is 5.32 Å². The lowest BCUT2D eigenvalue weighted by molar-refractivity contribution is 0.0954. The maximum Gasteiger partial charge on any atom is 0.251 e. The number of nitrogens with one attached hydrogen (secondary N) is 2. The summed E-state index contributed by atoms with van der Waals surface area (Å²) in [7, 11) is 0. The quantitative estimate of drug-likeness (QED) is 0.492. The highest BCUT2D eigenvalue weighted by Gasteiger charge is 2.23. The molecule has 0 unspecified atom stereocenters. The smallest absolute Gasteiger partial charge is 0.251 e. The summed E-state index contributed by atoms with van der Waals surface area (Å²) < 4.78 is 0. The van der Waals surface area contributed by atoms with Crippen molar-refractivity contribution in [3.63, 3.8) is 0 Å². The summed E-state index contributed by atoms with van der Waals surface area (Å²) in [6, 6.07) is 18.6. The highest BCUT2D eigenvalue weighted by molar-refractivity contribution is 6.12. The molecular weight excluding hydrogens is 376 g/mol. The van der Waals surface area contributed by atoms with Gasteiger partial charge in [0.25, 0.3) is 5.91 Å². The molecule has 0 atom stereocenters. The zero-order valence-corrected chi connectivity index (χ0v) is 16.6. The molecule has 1 aliphatic carbocycles. The van der Waals surface area contributed by atoms with E-state index >= 15 is 0 Å².